The number of carbonyl (C=O) groups is 1. The van der Waals surface area contributed by atoms with Gasteiger partial charge in [-0.25, -0.2) is 27.0 Å². The molecule has 2 N–H and O–H groups in total. The number of aromatic nitrogens is 2. The topological polar surface area (TPSA) is 101 Å². The van der Waals surface area contributed by atoms with Crippen molar-refractivity contribution >= 4 is 32.7 Å². The van der Waals surface area contributed by atoms with Gasteiger partial charge in [-0.05, 0) is 41.5 Å². The first-order chi connectivity index (χ1) is 16.1. The van der Waals surface area contributed by atoms with E-state index in [9.17, 15) is 17.6 Å². The van der Waals surface area contributed by atoms with Gasteiger partial charge in [0, 0.05) is 41.1 Å². The molecule has 4 rings (SSSR count). The van der Waals surface area contributed by atoms with Crippen LogP contribution in [0.4, 0.5) is 19.3 Å². The van der Waals surface area contributed by atoms with E-state index in [1.165, 1.54) is 6.07 Å². The number of nitrogens with one attached hydrogen (secondary N) is 2. The lowest BCUT2D eigenvalue weighted by Gasteiger charge is -2.16. The van der Waals surface area contributed by atoms with Crippen LogP contribution in [-0.4, -0.2) is 37.8 Å². The molecule has 0 aliphatic carbocycles. The Labute approximate surface area is 194 Å². The number of hydrogen-bond acceptors (Lipinski definition) is 5. The number of benzene rings is 2. The Balaban J connectivity index is 1.80. The van der Waals surface area contributed by atoms with Crippen LogP contribution in [0.15, 0.2) is 59.8 Å². The second-order valence-corrected chi connectivity index (χ2v) is 9.84. The summed E-state index contributed by atoms with van der Waals surface area (Å²) >= 11 is 0. The Morgan fingerprint density at radius 1 is 1.15 bits per heavy atom. The van der Waals surface area contributed by atoms with Crippen molar-refractivity contribution < 1.29 is 26.7 Å². The molecule has 0 spiro atoms. The number of sulfone groups is 1. The van der Waals surface area contributed by atoms with Crippen LogP contribution in [-0.2, 0) is 14.6 Å². The maximum absolute atomic E-state index is 15.2. The minimum atomic E-state index is -3.40. The predicted molar refractivity (Wildman–Crippen MR) is 125 cm³/mol. The molecule has 2 aromatic carbocycles. The van der Waals surface area contributed by atoms with Crippen molar-refractivity contribution in [2.24, 2.45) is 0 Å². The highest BCUT2D eigenvalue weighted by Crippen LogP contribution is 2.36. The fourth-order valence-electron chi connectivity index (χ4n) is 3.83. The Kier molecular flexibility index (Phi) is 6.09. The van der Waals surface area contributed by atoms with Gasteiger partial charge in [0.2, 0.25) is 0 Å². The highest BCUT2D eigenvalue weighted by Gasteiger charge is 2.24. The first-order valence-electron chi connectivity index (χ1n) is 10.2. The summed E-state index contributed by atoms with van der Waals surface area (Å²) in [5.41, 5.74) is 1.95. The molecule has 0 aliphatic heterocycles. The third-order valence-electron chi connectivity index (χ3n) is 5.61. The number of pyridine rings is 1. The number of methoxy groups -OCH3 is 1. The molecule has 1 atom stereocenters. The average Bonchev–Trinajstić information content (AvgIpc) is 3.23. The van der Waals surface area contributed by atoms with Crippen LogP contribution in [0.25, 0.3) is 22.2 Å². The zero-order valence-corrected chi connectivity index (χ0v) is 19.3. The summed E-state index contributed by atoms with van der Waals surface area (Å²) < 4.78 is 58.3. The van der Waals surface area contributed by atoms with Crippen molar-refractivity contribution in [1.29, 1.82) is 0 Å². The first-order valence-corrected chi connectivity index (χ1v) is 12.1. The summed E-state index contributed by atoms with van der Waals surface area (Å²) in [6, 6.07) is 10.5. The summed E-state index contributed by atoms with van der Waals surface area (Å²) in [5.74, 6) is -2.41. The van der Waals surface area contributed by atoms with Gasteiger partial charge in [-0.3, -0.25) is 5.32 Å². The molecule has 4 aromatic rings. The van der Waals surface area contributed by atoms with Gasteiger partial charge < -0.3 is 9.72 Å². The summed E-state index contributed by atoms with van der Waals surface area (Å²) in [4.78, 5) is 19.1. The lowest BCUT2D eigenvalue weighted by Crippen LogP contribution is -2.14. The van der Waals surface area contributed by atoms with Crippen LogP contribution in [0.3, 0.4) is 0 Å². The van der Waals surface area contributed by atoms with E-state index in [1.54, 1.807) is 43.6 Å². The van der Waals surface area contributed by atoms with Crippen molar-refractivity contribution in [3.05, 3.63) is 77.6 Å². The quantitative estimate of drug-likeness (QED) is 0.403. The Hall–Kier alpha value is -3.79. The van der Waals surface area contributed by atoms with Crippen molar-refractivity contribution in [3.63, 3.8) is 0 Å². The number of carbonyl (C=O) groups excluding carboxylic acids is 1. The smallest absolute Gasteiger partial charge is 0.411 e. The van der Waals surface area contributed by atoms with Gasteiger partial charge in [-0.15, -0.1) is 0 Å². The van der Waals surface area contributed by atoms with E-state index in [0.717, 1.165) is 25.5 Å². The van der Waals surface area contributed by atoms with Crippen LogP contribution in [0.2, 0.25) is 0 Å². The Morgan fingerprint density at radius 2 is 1.91 bits per heavy atom. The van der Waals surface area contributed by atoms with Gasteiger partial charge in [-0.2, -0.15) is 0 Å². The normalized spacial score (nSPS) is 12.5. The van der Waals surface area contributed by atoms with E-state index in [1.807, 2.05) is 0 Å². The molecule has 1 unspecified atom stereocenters. The zero-order chi connectivity index (χ0) is 24.6. The summed E-state index contributed by atoms with van der Waals surface area (Å²) in [5, 5.41) is 2.87. The number of amides is 1. The largest absolute Gasteiger partial charge is 0.453 e. The molecule has 0 aliphatic rings. The number of hydrogen-bond donors (Lipinski definition) is 2. The van der Waals surface area contributed by atoms with Gasteiger partial charge in [0.15, 0.2) is 15.7 Å². The van der Waals surface area contributed by atoms with Gasteiger partial charge in [0.05, 0.1) is 17.7 Å². The number of anilines is 1. The first kappa shape index (κ1) is 23.4. The third-order valence-corrected chi connectivity index (χ3v) is 6.72. The van der Waals surface area contributed by atoms with E-state index in [0.29, 0.717) is 27.7 Å². The lowest BCUT2D eigenvalue weighted by molar-refractivity contribution is 0.186. The average molecular weight is 486 g/mol. The zero-order valence-electron chi connectivity index (χ0n) is 18.5. The number of fused-ring (bicyclic) bond motifs is 1. The molecule has 0 saturated heterocycles. The third kappa shape index (κ3) is 4.36. The molecule has 7 nitrogen and oxygen atoms in total. The molecule has 10 heteroatoms. The van der Waals surface area contributed by atoms with E-state index < -0.39 is 33.5 Å². The second kappa shape index (κ2) is 8.86. The Morgan fingerprint density at radius 3 is 2.62 bits per heavy atom. The van der Waals surface area contributed by atoms with E-state index in [-0.39, 0.29) is 16.1 Å². The van der Waals surface area contributed by atoms with Crippen molar-refractivity contribution in [1.82, 2.24) is 9.97 Å². The number of H-pyrrole nitrogens is 1. The minimum absolute atomic E-state index is 0.173. The summed E-state index contributed by atoms with van der Waals surface area (Å²) in [6.07, 6.45) is 3.47. The standard InChI is InChI=1S/C24H21F2N3O4S/c1-13(21-19(25)7-8-20(22(21)26)29-24(30)33-2)18-12-28-23-17(18)10-15(11-27-23)14-5-4-6-16(9-14)34(3,31)32/h4-13H,1-3H3,(H,27,28)(H,29,30). The van der Waals surface area contributed by atoms with Crippen LogP contribution >= 0.6 is 0 Å². The molecule has 0 radical (unpaired) electrons. The second-order valence-electron chi connectivity index (χ2n) is 7.83. The van der Waals surface area contributed by atoms with Gasteiger partial charge >= 0.3 is 6.09 Å². The van der Waals surface area contributed by atoms with Crippen LogP contribution in [0, 0.1) is 11.6 Å². The lowest BCUT2D eigenvalue weighted by atomic mass is 9.91. The summed E-state index contributed by atoms with van der Waals surface area (Å²) in [6.45, 7) is 1.64. The molecule has 0 fully saturated rings. The number of ether oxygens (including phenoxy) is 1. The van der Waals surface area contributed by atoms with Crippen molar-refractivity contribution in [2.75, 3.05) is 18.7 Å². The molecule has 2 heterocycles. The minimum Gasteiger partial charge on any atom is -0.453 e. The number of halogens is 2. The van der Waals surface area contributed by atoms with E-state index in [2.05, 4.69) is 20.0 Å². The maximum Gasteiger partial charge on any atom is 0.411 e. The fraction of sp³-hybridized carbons (Fsp3) is 0.167. The SMILES string of the molecule is COC(=O)Nc1ccc(F)c(C(C)c2c[nH]c3ncc(-c4cccc(S(C)(=O)=O)c4)cc23)c1F. The fourth-order valence-corrected chi connectivity index (χ4v) is 4.49. The van der Waals surface area contributed by atoms with E-state index in [4.69, 9.17) is 0 Å². The molecular weight excluding hydrogens is 464 g/mol. The molecule has 0 saturated carbocycles. The molecular formula is C24H21F2N3O4S. The number of aromatic amines is 1. The molecule has 0 bridgehead atoms. The van der Waals surface area contributed by atoms with Crippen LogP contribution in [0.5, 0.6) is 0 Å². The molecule has 34 heavy (non-hydrogen) atoms. The van der Waals surface area contributed by atoms with Gasteiger partial charge in [0.25, 0.3) is 0 Å². The van der Waals surface area contributed by atoms with Gasteiger partial charge in [-0.1, -0.05) is 19.1 Å². The van der Waals surface area contributed by atoms with Gasteiger partial charge in [0.1, 0.15) is 11.5 Å². The highest BCUT2D eigenvalue weighted by molar-refractivity contribution is 7.90. The Bertz CT molecular complexity index is 1520. The van der Waals surface area contributed by atoms with E-state index >= 15 is 4.39 Å². The summed E-state index contributed by atoms with van der Waals surface area (Å²) in [7, 11) is -2.25. The monoisotopic (exact) mass is 485 g/mol. The van der Waals surface area contributed by atoms with Crippen LogP contribution in [0.1, 0.15) is 24.0 Å². The van der Waals surface area contributed by atoms with Crippen molar-refractivity contribution in [3.8, 4) is 11.1 Å². The number of nitrogens with zero attached hydrogens (tertiary/aromatic N) is 1. The van der Waals surface area contributed by atoms with Crippen LogP contribution < -0.4 is 5.32 Å². The van der Waals surface area contributed by atoms with Crippen molar-refractivity contribution in [2.45, 2.75) is 17.7 Å². The molecule has 1 amide bonds. The number of rotatable bonds is 5. The highest BCUT2D eigenvalue weighted by atomic mass is 32.2. The molecule has 176 valence electrons. The molecule has 2 aromatic heterocycles. The predicted octanol–water partition coefficient (Wildman–Crippen LogP) is 5.24. The maximum atomic E-state index is 15.2.